The first kappa shape index (κ1) is 22.1. The molecule has 0 fully saturated rings. The maximum absolute atomic E-state index is 12.7. The van der Waals surface area contributed by atoms with Gasteiger partial charge >= 0.3 is 6.09 Å². The number of hydrogen-bond acceptors (Lipinski definition) is 4. The molecule has 160 valence electrons. The number of benzene rings is 2. The van der Waals surface area contributed by atoms with Gasteiger partial charge in [-0.15, -0.1) is 0 Å². The van der Waals surface area contributed by atoms with Gasteiger partial charge in [0, 0.05) is 17.1 Å². The van der Waals surface area contributed by atoms with E-state index in [2.05, 4.69) is 37.1 Å². The van der Waals surface area contributed by atoms with Gasteiger partial charge < -0.3 is 15.0 Å². The largest absolute Gasteiger partial charge is 0.445 e. The maximum Gasteiger partial charge on any atom is 0.408 e. The Hall–Kier alpha value is -3.59. The SMILES string of the molecule is O=C(NC(Cc1ccccc1)C(=O)NNC(=O)c1cc(Br)c[nH]1)OCc1ccccc1. The van der Waals surface area contributed by atoms with Crippen molar-refractivity contribution >= 4 is 33.8 Å². The molecule has 4 N–H and O–H groups in total. The number of aromatic amines is 1. The number of ether oxygens (including phenoxy) is 1. The normalized spacial score (nSPS) is 11.3. The van der Waals surface area contributed by atoms with Gasteiger partial charge in [0.05, 0.1) is 0 Å². The van der Waals surface area contributed by atoms with Crippen LogP contribution in [0.5, 0.6) is 0 Å². The lowest BCUT2D eigenvalue weighted by Gasteiger charge is -2.18. The van der Waals surface area contributed by atoms with E-state index in [4.69, 9.17) is 4.74 Å². The zero-order valence-electron chi connectivity index (χ0n) is 16.4. The number of carbonyl (C=O) groups is 3. The van der Waals surface area contributed by atoms with Crippen LogP contribution in [0, 0.1) is 0 Å². The van der Waals surface area contributed by atoms with Crippen LogP contribution < -0.4 is 16.2 Å². The highest BCUT2D eigenvalue weighted by atomic mass is 79.9. The molecule has 0 bridgehead atoms. The van der Waals surface area contributed by atoms with Crippen LogP contribution in [0.15, 0.2) is 77.4 Å². The molecule has 1 unspecified atom stereocenters. The quantitative estimate of drug-likeness (QED) is 0.386. The molecule has 0 radical (unpaired) electrons. The van der Waals surface area contributed by atoms with Crippen molar-refractivity contribution in [2.24, 2.45) is 0 Å². The summed E-state index contributed by atoms with van der Waals surface area (Å²) in [4.78, 5) is 39.9. The third kappa shape index (κ3) is 7.00. The molecule has 0 saturated heterocycles. The fourth-order valence-electron chi connectivity index (χ4n) is 2.74. The molecular weight excluding hydrogens is 464 g/mol. The van der Waals surface area contributed by atoms with Crippen molar-refractivity contribution in [1.29, 1.82) is 0 Å². The highest BCUT2D eigenvalue weighted by Gasteiger charge is 2.23. The zero-order chi connectivity index (χ0) is 22.1. The number of hydrazine groups is 1. The Labute approximate surface area is 187 Å². The molecule has 9 heteroatoms. The molecule has 3 amide bonds. The minimum atomic E-state index is -0.957. The summed E-state index contributed by atoms with van der Waals surface area (Å²) in [5.74, 6) is -1.11. The van der Waals surface area contributed by atoms with Gasteiger partial charge in [-0.3, -0.25) is 20.4 Å². The van der Waals surface area contributed by atoms with E-state index in [1.807, 2.05) is 60.7 Å². The second-order valence-corrected chi connectivity index (χ2v) is 7.54. The smallest absolute Gasteiger partial charge is 0.408 e. The van der Waals surface area contributed by atoms with Crippen LogP contribution in [-0.4, -0.2) is 28.9 Å². The van der Waals surface area contributed by atoms with Crippen molar-refractivity contribution in [2.75, 3.05) is 0 Å². The van der Waals surface area contributed by atoms with Gasteiger partial charge in [-0.1, -0.05) is 60.7 Å². The molecule has 1 heterocycles. The summed E-state index contributed by atoms with van der Waals surface area (Å²) >= 11 is 3.24. The number of carbonyl (C=O) groups excluding carboxylic acids is 3. The van der Waals surface area contributed by atoms with Crippen LogP contribution in [0.25, 0.3) is 0 Å². The summed E-state index contributed by atoms with van der Waals surface area (Å²) in [5.41, 5.74) is 6.60. The zero-order valence-corrected chi connectivity index (χ0v) is 18.0. The fraction of sp³-hybridized carbons (Fsp3) is 0.136. The molecule has 3 aromatic rings. The maximum atomic E-state index is 12.7. The molecule has 0 saturated carbocycles. The molecule has 0 aliphatic heterocycles. The Morgan fingerprint density at radius 3 is 2.19 bits per heavy atom. The molecule has 1 atom stereocenters. The van der Waals surface area contributed by atoms with Crippen molar-refractivity contribution in [1.82, 2.24) is 21.2 Å². The third-order valence-corrected chi connectivity index (χ3v) is 4.75. The van der Waals surface area contributed by atoms with E-state index < -0.39 is 23.9 Å². The summed E-state index contributed by atoms with van der Waals surface area (Å²) in [6, 6.07) is 19.0. The molecule has 31 heavy (non-hydrogen) atoms. The standard InChI is InChI=1S/C22H21BrN4O4/c23-17-12-18(24-13-17)20(28)26-27-21(29)19(11-15-7-3-1-4-8-15)25-22(30)31-14-16-9-5-2-6-10-16/h1-10,12-13,19,24H,11,14H2,(H,25,30)(H,26,28)(H,27,29). The van der Waals surface area contributed by atoms with Gasteiger partial charge in [-0.25, -0.2) is 4.79 Å². The Morgan fingerprint density at radius 1 is 0.935 bits per heavy atom. The molecule has 8 nitrogen and oxygen atoms in total. The number of halogens is 1. The lowest BCUT2D eigenvalue weighted by molar-refractivity contribution is -0.123. The van der Waals surface area contributed by atoms with E-state index in [1.165, 1.54) is 0 Å². The monoisotopic (exact) mass is 484 g/mol. The number of rotatable bonds is 7. The summed E-state index contributed by atoms with van der Waals surface area (Å²) in [6.07, 6.45) is 1.08. The Kier molecular flexibility index (Phi) is 7.83. The predicted octanol–water partition coefficient (Wildman–Crippen LogP) is 3.08. The minimum absolute atomic E-state index is 0.0742. The molecule has 0 aliphatic carbocycles. The van der Waals surface area contributed by atoms with Crippen molar-refractivity contribution in [3.63, 3.8) is 0 Å². The molecule has 1 aromatic heterocycles. The van der Waals surface area contributed by atoms with Gasteiger partial charge in [0.2, 0.25) is 0 Å². The first-order chi connectivity index (χ1) is 15.0. The Balaban J connectivity index is 1.60. The molecular formula is C22H21BrN4O4. The van der Waals surface area contributed by atoms with Crippen LogP contribution in [0.4, 0.5) is 4.79 Å². The van der Waals surface area contributed by atoms with E-state index in [0.29, 0.717) is 4.47 Å². The predicted molar refractivity (Wildman–Crippen MR) is 118 cm³/mol. The van der Waals surface area contributed by atoms with Gasteiger partial charge in [0.15, 0.2) is 0 Å². The summed E-state index contributed by atoms with van der Waals surface area (Å²) in [5, 5.41) is 2.56. The molecule has 0 aliphatic rings. The number of nitrogens with one attached hydrogen (secondary N) is 4. The van der Waals surface area contributed by atoms with Gasteiger partial charge in [0.25, 0.3) is 11.8 Å². The summed E-state index contributed by atoms with van der Waals surface area (Å²) < 4.78 is 5.92. The van der Waals surface area contributed by atoms with Gasteiger partial charge in [0.1, 0.15) is 18.3 Å². The fourth-order valence-corrected chi connectivity index (χ4v) is 3.08. The van der Waals surface area contributed by atoms with Gasteiger partial charge in [-0.05, 0) is 33.1 Å². The Morgan fingerprint density at radius 2 is 1.58 bits per heavy atom. The van der Waals surface area contributed by atoms with Crippen LogP contribution in [0.3, 0.4) is 0 Å². The summed E-state index contributed by atoms with van der Waals surface area (Å²) in [7, 11) is 0. The molecule has 3 rings (SSSR count). The highest BCUT2D eigenvalue weighted by molar-refractivity contribution is 9.10. The van der Waals surface area contributed by atoms with Crippen LogP contribution in [0.2, 0.25) is 0 Å². The number of hydrogen-bond donors (Lipinski definition) is 4. The highest BCUT2D eigenvalue weighted by Crippen LogP contribution is 2.10. The first-order valence-corrected chi connectivity index (χ1v) is 10.3. The number of alkyl carbamates (subject to hydrolysis) is 1. The number of aromatic nitrogens is 1. The molecule has 2 aromatic carbocycles. The van der Waals surface area contributed by atoms with Crippen molar-refractivity contribution < 1.29 is 19.1 Å². The topological polar surface area (TPSA) is 112 Å². The lowest BCUT2D eigenvalue weighted by Crippen LogP contribution is -2.53. The minimum Gasteiger partial charge on any atom is -0.445 e. The lowest BCUT2D eigenvalue weighted by atomic mass is 10.1. The van der Waals surface area contributed by atoms with E-state index in [-0.39, 0.29) is 18.7 Å². The second kappa shape index (κ2) is 11.0. The first-order valence-electron chi connectivity index (χ1n) is 9.46. The van der Waals surface area contributed by atoms with Crippen molar-refractivity contribution in [3.05, 3.63) is 94.2 Å². The van der Waals surface area contributed by atoms with Crippen LogP contribution >= 0.6 is 15.9 Å². The van der Waals surface area contributed by atoms with E-state index in [1.54, 1.807) is 12.3 Å². The average molecular weight is 485 g/mol. The average Bonchev–Trinajstić information content (AvgIpc) is 3.23. The van der Waals surface area contributed by atoms with E-state index >= 15 is 0 Å². The summed E-state index contributed by atoms with van der Waals surface area (Å²) in [6.45, 7) is 0.0742. The Bertz CT molecular complexity index is 1020. The second-order valence-electron chi connectivity index (χ2n) is 6.62. The van der Waals surface area contributed by atoms with Crippen molar-refractivity contribution in [2.45, 2.75) is 19.1 Å². The van der Waals surface area contributed by atoms with Crippen LogP contribution in [0.1, 0.15) is 21.6 Å². The van der Waals surface area contributed by atoms with E-state index in [0.717, 1.165) is 11.1 Å². The number of amides is 3. The molecule has 0 spiro atoms. The van der Waals surface area contributed by atoms with E-state index in [9.17, 15) is 14.4 Å². The van der Waals surface area contributed by atoms with Crippen LogP contribution in [-0.2, 0) is 22.6 Å². The number of H-pyrrole nitrogens is 1. The third-order valence-electron chi connectivity index (χ3n) is 4.30. The van der Waals surface area contributed by atoms with Gasteiger partial charge in [-0.2, -0.15) is 0 Å². The van der Waals surface area contributed by atoms with Crippen molar-refractivity contribution in [3.8, 4) is 0 Å².